The van der Waals surface area contributed by atoms with E-state index in [0.717, 1.165) is 26.1 Å². The van der Waals surface area contributed by atoms with Crippen LogP contribution in [0.15, 0.2) is 12.1 Å². The fourth-order valence-corrected chi connectivity index (χ4v) is 3.20. The van der Waals surface area contributed by atoms with Crippen LogP contribution in [-0.2, 0) is 11.3 Å². The fourth-order valence-electron chi connectivity index (χ4n) is 2.34. The molecule has 2 nitrogen and oxygen atoms in total. The van der Waals surface area contributed by atoms with Crippen LogP contribution in [0.1, 0.15) is 29.5 Å². The molecule has 16 heavy (non-hydrogen) atoms. The third-order valence-corrected chi connectivity index (χ3v) is 4.25. The smallest absolute Gasteiger partial charge is 0.0613 e. The summed E-state index contributed by atoms with van der Waals surface area (Å²) in [6.07, 6.45) is 2.84. The Morgan fingerprint density at radius 2 is 2.38 bits per heavy atom. The number of rotatable bonds is 5. The molecule has 0 aliphatic carbocycles. The third kappa shape index (κ3) is 3.06. The lowest BCUT2D eigenvalue weighted by Gasteiger charge is -2.16. The SMILES string of the molecule is CCC1OCCC1CNCc1ccc(C)s1. The van der Waals surface area contributed by atoms with Crippen LogP contribution in [0.5, 0.6) is 0 Å². The molecule has 0 amide bonds. The summed E-state index contributed by atoms with van der Waals surface area (Å²) in [5.41, 5.74) is 0. The van der Waals surface area contributed by atoms with E-state index >= 15 is 0 Å². The first-order chi connectivity index (χ1) is 7.79. The predicted molar refractivity (Wildman–Crippen MR) is 68.9 cm³/mol. The first kappa shape index (κ1) is 12.1. The van der Waals surface area contributed by atoms with Crippen LogP contribution in [0.4, 0.5) is 0 Å². The van der Waals surface area contributed by atoms with Crippen molar-refractivity contribution < 1.29 is 4.74 Å². The summed E-state index contributed by atoms with van der Waals surface area (Å²) in [6.45, 7) is 7.42. The van der Waals surface area contributed by atoms with Gasteiger partial charge in [-0.3, -0.25) is 0 Å². The summed E-state index contributed by atoms with van der Waals surface area (Å²) in [6, 6.07) is 4.41. The molecule has 0 radical (unpaired) electrons. The maximum atomic E-state index is 5.68. The van der Waals surface area contributed by atoms with Crippen molar-refractivity contribution in [1.82, 2.24) is 5.32 Å². The number of ether oxygens (including phenoxy) is 1. The molecular formula is C13H21NOS. The van der Waals surface area contributed by atoms with Crippen molar-refractivity contribution in [3.63, 3.8) is 0 Å². The van der Waals surface area contributed by atoms with Gasteiger partial charge in [-0.1, -0.05) is 6.92 Å². The van der Waals surface area contributed by atoms with Gasteiger partial charge in [0.2, 0.25) is 0 Å². The topological polar surface area (TPSA) is 21.3 Å². The summed E-state index contributed by atoms with van der Waals surface area (Å²) < 4.78 is 5.68. The Bertz CT molecular complexity index is 323. The van der Waals surface area contributed by atoms with E-state index in [1.165, 1.54) is 16.2 Å². The van der Waals surface area contributed by atoms with Gasteiger partial charge in [0, 0.05) is 29.5 Å². The minimum atomic E-state index is 0.484. The van der Waals surface area contributed by atoms with Crippen molar-refractivity contribution in [2.75, 3.05) is 13.2 Å². The number of hydrogen-bond donors (Lipinski definition) is 1. The van der Waals surface area contributed by atoms with Gasteiger partial charge in [-0.2, -0.15) is 0 Å². The van der Waals surface area contributed by atoms with E-state index in [9.17, 15) is 0 Å². The molecule has 0 saturated carbocycles. The Kier molecular flexibility index (Phi) is 4.38. The van der Waals surface area contributed by atoms with Crippen molar-refractivity contribution >= 4 is 11.3 Å². The Morgan fingerprint density at radius 1 is 1.50 bits per heavy atom. The average molecular weight is 239 g/mol. The van der Waals surface area contributed by atoms with Gasteiger partial charge in [-0.25, -0.2) is 0 Å². The Hall–Kier alpha value is -0.380. The van der Waals surface area contributed by atoms with E-state index in [-0.39, 0.29) is 0 Å². The van der Waals surface area contributed by atoms with E-state index in [4.69, 9.17) is 4.74 Å². The molecule has 0 bridgehead atoms. The first-order valence-electron chi connectivity index (χ1n) is 6.17. The van der Waals surface area contributed by atoms with E-state index in [1.807, 2.05) is 11.3 Å². The molecule has 2 heterocycles. The molecule has 0 aromatic carbocycles. The van der Waals surface area contributed by atoms with Crippen LogP contribution < -0.4 is 5.32 Å². The van der Waals surface area contributed by atoms with Gasteiger partial charge >= 0.3 is 0 Å². The highest BCUT2D eigenvalue weighted by atomic mass is 32.1. The minimum absolute atomic E-state index is 0.484. The molecule has 2 rings (SSSR count). The van der Waals surface area contributed by atoms with Crippen molar-refractivity contribution in [3.05, 3.63) is 21.9 Å². The second kappa shape index (κ2) is 5.80. The summed E-state index contributed by atoms with van der Waals surface area (Å²) >= 11 is 1.88. The molecule has 90 valence electrons. The molecular weight excluding hydrogens is 218 g/mol. The van der Waals surface area contributed by atoms with Crippen LogP contribution in [0.3, 0.4) is 0 Å². The summed E-state index contributed by atoms with van der Waals surface area (Å²) in [5.74, 6) is 0.714. The number of nitrogens with one attached hydrogen (secondary N) is 1. The second-order valence-electron chi connectivity index (χ2n) is 4.51. The molecule has 1 aliphatic heterocycles. The van der Waals surface area contributed by atoms with Gasteiger partial charge in [0.25, 0.3) is 0 Å². The Labute approximate surface area is 102 Å². The lowest BCUT2D eigenvalue weighted by molar-refractivity contribution is 0.0872. The fraction of sp³-hybridized carbons (Fsp3) is 0.692. The highest BCUT2D eigenvalue weighted by molar-refractivity contribution is 7.11. The highest BCUT2D eigenvalue weighted by Gasteiger charge is 2.25. The molecule has 2 atom stereocenters. The molecule has 1 fully saturated rings. The van der Waals surface area contributed by atoms with Crippen molar-refractivity contribution in [3.8, 4) is 0 Å². The van der Waals surface area contributed by atoms with Crippen LogP contribution in [0.25, 0.3) is 0 Å². The van der Waals surface area contributed by atoms with Gasteiger partial charge in [0.05, 0.1) is 6.10 Å². The molecule has 2 unspecified atom stereocenters. The maximum absolute atomic E-state index is 5.68. The zero-order valence-electron chi connectivity index (χ0n) is 10.2. The quantitative estimate of drug-likeness (QED) is 0.853. The first-order valence-corrected chi connectivity index (χ1v) is 6.99. The summed E-state index contributed by atoms with van der Waals surface area (Å²) in [7, 11) is 0. The summed E-state index contributed by atoms with van der Waals surface area (Å²) in [5, 5.41) is 3.55. The van der Waals surface area contributed by atoms with Gasteiger partial charge in [-0.05, 0) is 37.8 Å². The lowest BCUT2D eigenvalue weighted by Crippen LogP contribution is -2.27. The maximum Gasteiger partial charge on any atom is 0.0613 e. The van der Waals surface area contributed by atoms with Crippen LogP contribution >= 0.6 is 11.3 Å². The molecule has 1 saturated heterocycles. The standard InChI is InChI=1S/C13H21NOS/c1-3-13-11(6-7-15-13)8-14-9-12-5-4-10(2)16-12/h4-5,11,13-14H,3,6-9H2,1-2H3. The van der Waals surface area contributed by atoms with Crippen molar-refractivity contribution in [2.24, 2.45) is 5.92 Å². The average Bonchev–Trinajstić information content (AvgIpc) is 2.87. The van der Waals surface area contributed by atoms with Crippen LogP contribution in [0, 0.1) is 12.8 Å². The van der Waals surface area contributed by atoms with Gasteiger partial charge in [0.1, 0.15) is 0 Å². The van der Waals surface area contributed by atoms with Gasteiger partial charge in [0.15, 0.2) is 0 Å². The molecule has 1 N–H and O–H groups in total. The monoisotopic (exact) mass is 239 g/mol. The Morgan fingerprint density at radius 3 is 3.06 bits per heavy atom. The number of aryl methyl sites for hydroxylation is 1. The van der Waals surface area contributed by atoms with E-state index in [2.05, 4.69) is 31.3 Å². The summed E-state index contributed by atoms with van der Waals surface area (Å²) in [4.78, 5) is 2.83. The second-order valence-corrected chi connectivity index (χ2v) is 5.88. The number of hydrogen-bond acceptors (Lipinski definition) is 3. The predicted octanol–water partition coefficient (Wildman–Crippen LogP) is 2.96. The van der Waals surface area contributed by atoms with Gasteiger partial charge in [-0.15, -0.1) is 11.3 Å². The van der Waals surface area contributed by atoms with E-state index in [1.54, 1.807) is 0 Å². The number of thiophene rings is 1. The van der Waals surface area contributed by atoms with Crippen LogP contribution in [0.2, 0.25) is 0 Å². The molecule has 1 aromatic rings. The highest BCUT2D eigenvalue weighted by Crippen LogP contribution is 2.22. The largest absolute Gasteiger partial charge is 0.378 e. The van der Waals surface area contributed by atoms with Crippen LogP contribution in [-0.4, -0.2) is 19.3 Å². The normalized spacial score (nSPS) is 25.1. The zero-order valence-corrected chi connectivity index (χ0v) is 11.0. The van der Waals surface area contributed by atoms with E-state index in [0.29, 0.717) is 12.0 Å². The molecule has 1 aromatic heterocycles. The zero-order chi connectivity index (χ0) is 11.4. The lowest BCUT2D eigenvalue weighted by atomic mass is 10.00. The molecule has 0 spiro atoms. The van der Waals surface area contributed by atoms with E-state index < -0.39 is 0 Å². The van der Waals surface area contributed by atoms with Crippen molar-refractivity contribution in [1.29, 1.82) is 0 Å². The molecule has 3 heteroatoms. The molecule has 1 aliphatic rings. The minimum Gasteiger partial charge on any atom is -0.378 e. The van der Waals surface area contributed by atoms with Gasteiger partial charge < -0.3 is 10.1 Å². The Balaban J connectivity index is 1.71. The van der Waals surface area contributed by atoms with Crippen molar-refractivity contribution in [2.45, 2.75) is 39.3 Å². The third-order valence-electron chi connectivity index (χ3n) is 3.25.